The maximum absolute atomic E-state index is 13.4. The number of amides is 2. The van der Waals surface area contributed by atoms with Gasteiger partial charge in [0.05, 0.1) is 19.1 Å². The number of carboxylic acid groups (broad SMARTS) is 1. The first kappa shape index (κ1) is 18.2. The van der Waals surface area contributed by atoms with Gasteiger partial charge in [-0.15, -0.1) is 0 Å². The zero-order valence-corrected chi connectivity index (χ0v) is 13.9. The zero-order valence-electron chi connectivity index (χ0n) is 13.9. The van der Waals surface area contributed by atoms with Crippen LogP contribution in [0.2, 0.25) is 0 Å². The Balaban J connectivity index is 1.69. The summed E-state index contributed by atoms with van der Waals surface area (Å²) in [5, 5.41) is 8.84. The van der Waals surface area contributed by atoms with Gasteiger partial charge in [-0.2, -0.15) is 0 Å². The molecule has 0 bridgehead atoms. The number of carboxylic acids is 1. The van der Waals surface area contributed by atoms with E-state index in [1.54, 1.807) is 0 Å². The molecule has 2 aliphatic heterocycles. The molecule has 2 saturated heterocycles. The summed E-state index contributed by atoms with van der Waals surface area (Å²) < 4.78 is 32.1. The number of ether oxygens (including phenoxy) is 1. The van der Waals surface area contributed by atoms with Gasteiger partial charge in [-0.3, -0.25) is 14.4 Å². The molecular formula is C17H18F2N2O5. The monoisotopic (exact) mass is 368 g/mol. The van der Waals surface area contributed by atoms with Crippen molar-refractivity contribution >= 4 is 23.5 Å². The first-order chi connectivity index (χ1) is 12.3. The van der Waals surface area contributed by atoms with Crippen molar-refractivity contribution in [3.63, 3.8) is 0 Å². The summed E-state index contributed by atoms with van der Waals surface area (Å²) in [6.07, 6.45) is -0.608. The number of benzene rings is 1. The molecule has 1 aromatic rings. The molecule has 0 radical (unpaired) electrons. The number of halogens is 2. The molecule has 0 unspecified atom stereocenters. The smallest absolute Gasteiger partial charge is 0.306 e. The Kier molecular flexibility index (Phi) is 5.17. The first-order valence-corrected chi connectivity index (χ1v) is 8.25. The number of morpholine rings is 1. The van der Waals surface area contributed by atoms with Crippen molar-refractivity contribution < 1.29 is 33.0 Å². The third-order valence-corrected chi connectivity index (χ3v) is 4.52. The standard InChI is InChI=1S/C17H18F2N2O5/c18-10-5-11(19)7-12(6-10)21-2-1-14(17(21)25)16(24)20-3-4-26-13(9-20)8-15(22)23/h5-7,13-14H,1-4,8-9H2,(H,22,23)/t13-,14+/m0/s1. The molecular weight excluding hydrogens is 350 g/mol. The summed E-state index contributed by atoms with van der Waals surface area (Å²) >= 11 is 0. The van der Waals surface area contributed by atoms with Crippen molar-refractivity contribution in [1.29, 1.82) is 0 Å². The van der Waals surface area contributed by atoms with Crippen molar-refractivity contribution in [1.82, 2.24) is 4.90 Å². The lowest BCUT2D eigenvalue weighted by molar-refractivity contribution is -0.151. The Morgan fingerprint density at radius 2 is 1.88 bits per heavy atom. The summed E-state index contributed by atoms with van der Waals surface area (Å²) in [4.78, 5) is 38.7. The van der Waals surface area contributed by atoms with Gasteiger partial charge in [0, 0.05) is 31.4 Å². The highest BCUT2D eigenvalue weighted by Crippen LogP contribution is 2.28. The molecule has 0 spiro atoms. The normalized spacial score (nSPS) is 23.4. The van der Waals surface area contributed by atoms with Crippen LogP contribution in [0.15, 0.2) is 18.2 Å². The lowest BCUT2D eigenvalue weighted by Crippen LogP contribution is -2.49. The van der Waals surface area contributed by atoms with E-state index in [1.807, 2.05) is 0 Å². The number of aliphatic carboxylic acids is 1. The molecule has 2 fully saturated rings. The number of carbonyl (C=O) groups is 3. The Morgan fingerprint density at radius 1 is 1.19 bits per heavy atom. The van der Waals surface area contributed by atoms with E-state index in [1.165, 1.54) is 9.80 Å². The van der Waals surface area contributed by atoms with Gasteiger partial charge in [-0.05, 0) is 18.6 Å². The van der Waals surface area contributed by atoms with Crippen LogP contribution in [0.4, 0.5) is 14.5 Å². The summed E-state index contributed by atoms with van der Waals surface area (Å²) in [6, 6.07) is 2.81. The fourth-order valence-corrected chi connectivity index (χ4v) is 3.32. The zero-order chi connectivity index (χ0) is 18.8. The lowest BCUT2D eigenvalue weighted by Gasteiger charge is -2.33. The van der Waals surface area contributed by atoms with E-state index in [0.717, 1.165) is 12.1 Å². The van der Waals surface area contributed by atoms with E-state index >= 15 is 0 Å². The van der Waals surface area contributed by atoms with Gasteiger partial charge in [-0.1, -0.05) is 0 Å². The van der Waals surface area contributed by atoms with Crippen molar-refractivity contribution in [2.75, 3.05) is 31.1 Å². The minimum Gasteiger partial charge on any atom is -0.481 e. The van der Waals surface area contributed by atoms with Crippen molar-refractivity contribution in [2.24, 2.45) is 5.92 Å². The van der Waals surface area contributed by atoms with Crippen molar-refractivity contribution in [3.05, 3.63) is 29.8 Å². The van der Waals surface area contributed by atoms with Crippen LogP contribution in [0.25, 0.3) is 0 Å². The van der Waals surface area contributed by atoms with Crippen LogP contribution in [0.1, 0.15) is 12.8 Å². The van der Waals surface area contributed by atoms with E-state index in [2.05, 4.69) is 0 Å². The average Bonchev–Trinajstić information content (AvgIpc) is 2.94. The van der Waals surface area contributed by atoms with Crippen LogP contribution >= 0.6 is 0 Å². The lowest BCUT2D eigenvalue weighted by atomic mass is 10.1. The van der Waals surface area contributed by atoms with Gasteiger partial charge < -0.3 is 19.6 Å². The molecule has 3 rings (SSSR count). The molecule has 9 heteroatoms. The summed E-state index contributed by atoms with van der Waals surface area (Å²) in [6.45, 7) is 0.751. The first-order valence-electron chi connectivity index (χ1n) is 8.25. The van der Waals surface area contributed by atoms with Gasteiger partial charge in [-0.25, -0.2) is 8.78 Å². The molecule has 1 aromatic carbocycles. The van der Waals surface area contributed by atoms with Gasteiger partial charge in [0.1, 0.15) is 17.6 Å². The summed E-state index contributed by atoms with van der Waals surface area (Å²) in [5.41, 5.74) is 0.0773. The van der Waals surface area contributed by atoms with Gasteiger partial charge in [0.2, 0.25) is 11.8 Å². The van der Waals surface area contributed by atoms with Crippen LogP contribution in [0.3, 0.4) is 0 Å². The second-order valence-corrected chi connectivity index (χ2v) is 6.33. The van der Waals surface area contributed by atoms with Crippen LogP contribution in [-0.4, -0.2) is 60.1 Å². The van der Waals surface area contributed by atoms with Crippen LogP contribution in [0, 0.1) is 17.6 Å². The average molecular weight is 368 g/mol. The van der Waals surface area contributed by atoms with Crippen LogP contribution in [0.5, 0.6) is 0 Å². The Morgan fingerprint density at radius 3 is 2.54 bits per heavy atom. The Labute approximate surface area is 148 Å². The minimum absolute atomic E-state index is 0.0773. The van der Waals surface area contributed by atoms with Gasteiger partial charge in [0.25, 0.3) is 0 Å². The predicted molar refractivity (Wildman–Crippen MR) is 85.4 cm³/mol. The molecule has 0 aromatic heterocycles. The quantitative estimate of drug-likeness (QED) is 0.802. The fourth-order valence-electron chi connectivity index (χ4n) is 3.32. The number of hydrogen-bond acceptors (Lipinski definition) is 4. The number of nitrogens with zero attached hydrogens (tertiary/aromatic N) is 2. The van der Waals surface area contributed by atoms with Gasteiger partial charge in [0.15, 0.2) is 0 Å². The fraction of sp³-hybridized carbons (Fsp3) is 0.471. The molecule has 7 nitrogen and oxygen atoms in total. The highest BCUT2D eigenvalue weighted by Gasteiger charge is 2.41. The molecule has 26 heavy (non-hydrogen) atoms. The topological polar surface area (TPSA) is 87.2 Å². The summed E-state index contributed by atoms with van der Waals surface area (Å²) in [7, 11) is 0. The van der Waals surface area contributed by atoms with E-state index in [-0.39, 0.29) is 44.8 Å². The highest BCUT2D eigenvalue weighted by molar-refractivity contribution is 6.09. The second kappa shape index (κ2) is 7.36. The van der Waals surface area contributed by atoms with Crippen molar-refractivity contribution in [3.8, 4) is 0 Å². The predicted octanol–water partition coefficient (Wildman–Crippen LogP) is 1.02. The van der Waals surface area contributed by atoms with Crippen molar-refractivity contribution in [2.45, 2.75) is 18.9 Å². The number of rotatable bonds is 4. The van der Waals surface area contributed by atoms with Crippen LogP contribution in [-0.2, 0) is 19.1 Å². The van der Waals surface area contributed by atoms with Gasteiger partial charge >= 0.3 is 5.97 Å². The molecule has 0 saturated carbocycles. The minimum atomic E-state index is -1.03. The largest absolute Gasteiger partial charge is 0.481 e. The van der Waals surface area contributed by atoms with E-state index in [9.17, 15) is 23.2 Å². The molecule has 2 aliphatic rings. The summed E-state index contributed by atoms with van der Waals surface area (Å²) in [5.74, 6) is -4.49. The molecule has 2 heterocycles. The third kappa shape index (κ3) is 3.82. The molecule has 1 N–H and O–H groups in total. The number of anilines is 1. The van der Waals surface area contributed by atoms with Crippen LogP contribution < -0.4 is 4.90 Å². The second-order valence-electron chi connectivity index (χ2n) is 6.33. The molecule has 2 amide bonds. The molecule has 2 atom stereocenters. The Hall–Kier alpha value is -2.55. The molecule has 0 aliphatic carbocycles. The maximum Gasteiger partial charge on any atom is 0.306 e. The highest BCUT2D eigenvalue weighted by atomic mass is 19.1. The van der Waals surface area contributed by atoms with E-state index in [4.69, 9.17) is 9.84 Å². The number of hydrogen-bond donors (Lipinski definition) is 1. The van der Waals surface area contributed by atoms with E-state index < -0.39 is 41.4 Å². The Bertz CT molecular complexity index is 722. The molecule has 140 valence electrons. The SMILES string of the molecule is O=C(O)C[C@H]1CN(C(=O)[C@H]2CCN(c3cc(F)cc(F)c3)C2=O)CCO1. The van der Waals surface area contributed by atoms with E-state index in [0.29, 0.717) is 6.07 Å². The number of carbonyl (C=O) groups excluding carboxylic acids is 2. The maximum atomic E-state index is 13.4. The third-order valence-electron chi connectivity index (χ3n) is 4.52.